The zero-order valence-electron chi connectivity index (χ0n) is 21.0. The first-order valence-electron chi connectivity index (χ1n) is 12.0. The highest BCUT2D eigenvalue weighted by molar-refractivity contribution is 7.96. The summed E-state index contributed by atoms with van der Waals surface area (Å²) >= 11 is 6.37. The van der Waals surface area contributed by atoms with Crippen molar-refractivity contribution < 1.29 is 17.9 Å². The SMILES string of the molecule is CCN(CCN)C(=O)C1C=C(S(=O)(=O)Nc2nc3ccccc3nc2Nc2cc(OC)ccc2Cl)C=CC1. The number of sulfonamides is 1. The summed E-state index contributed by atoms with van der Waals surface area (Å²) in [4.78, 5) is 23.6. The van der Waals surface area contributed by atoms with Crippen molar-refractivity contribution in [2.45, 2.75) is 13.3 Å². The molecule has 0 fully saturated rings. The Hall–Kier alpha value is -3.67. The fourth-order valence-electron chi connectivity index (χ4n) is 4.02. The van der Waals surface area contributed by atoms with E-state index in [-0.39, 0.29) is 22.4 Å². The van der Waals surface area contributed by atoms with Gasteiger partial charge in [0.05, 0.1) is 39.7 Å². The summed E-state index contributed by atoms with van der Waals surface area (Å²) in [5.74, 6) is -0.111. The first-order valence-corrected chi connectivity index (χ1v) is 13.9. The molecule has 0 spiro atoms. The standard InChI is InChI=1S/C26H29ClN6O4S/c1-3-33(14-13-28)26(34)17-7-6-8-19(15-17)38(35,36)32-25-24(29-21-9-4-5-10-22(21)30-25)31-23-16-18(37-2)11-12-20(23)27/h4-6,8-12,15-17H,3,7,13-14,28H2,1-2H3,(H,29,31)(H,30,32). The average molecular weight is 557 g/mol. The number of carbonyl (C=O) groups is 1. The molecule has 12 heteroatoms. The maximum atomic E-state index is 13.5. The molecule has 10 nitrogen and oxygen atoms in total. The van der Waals surface area contributed by atoms with Crippen LogP contribution in [0.25, 0.3) is 11.0 Å². The van der Waals surface area contributed by atoms with Gasteiger partial charge in [0.1, 0.15) is 5.75 Å². The minimum Gasteiger partial charge on any atom is -0.497 e. The second-order valence-electron chi connectivity index (χ2n) is 8.51. The molecular weight excluding hydrogens is 528 g/mol. The molecule has 3 aromatic rings. The van der Waals surface area contributed by atoms with Crippen molar-refractivity contribution in [3.63, 3.8) is 0 Å². The van der Waals surface area contributed by atoms with Crippen LogP contribution in [0, 0.1) is 5.92 Å². The Labute approximate surface area is 226 Å². The largest absolute Gasteiger partial charge is 0.497 e. The van der Waals surface area contributed by atoms with Crippen molar-refractivity contribution in [2.24, 2.45) is 11.7 Å². The van der Waals surface area contributed by atoms with Crippen LogP contribution in [0.5, 0.6) is 5.75 Å². The summed E-state index contributed by atoms with van der Waals surface area (Å²) in [5.41, 5.74) is 7.13. The Morgan fingerprint density at radius 3 is 2.55 bits per heavy atom. The number of aromatic nitrogens is 2. The van der Waals surface area contributed by atoms with Crippen LogP contribution >= 0.6 is 11.6 Å². The van der Waals surface area contributed by atoms with Gasteiger partial charge in [-0.25, -0.2) is 18.4 Å². The minimum atomic E-state index is -4.13. The van der Waals surface area contributed by atoms with Gasteiger partial charge in [-0.1, -0.05) is 35.9 Å². The number of hydrogen-bond donors (Lipinski definition) is 3. The van der Waals surface area contributed by atoms with Gasteiger partial charge in [0.15, 0.2) is 11.6 Å². The number of likely N-dealkylation sites (N-methyl/N-ethyl adjacent to an activating group) is 1. The Morgan fingerprint density at radius 2 is 1.89 bits per heavy atom. The maximum absolute atomic E-state index is 13.5. The van der Waals surface area contributed by atoms with Crippen LogP contribution in [-0.2, 0) is 14.8 Å². The quantitative estimate of drug-likeness (QED) is 0.340. The van der Waals surface area contributed by atoms with Crippen LogP contribution in [0.1, 0.15) is 13.3 Å². The predicted octanol–water partition coefficient (Wildman–Crippen LogP) is 4.04. The minimum absolute atomic E-state index is 0.0244. The lowest BCUT2D eigenvalue weighted by molar-refractivity contribution is -0.133. The number of ether oxygens (including phenoxy) is 1. The molecule has 1 atom stereocenters. The topological polar surface area (TPSA) is 140 Å². The number of anilines is 3. The monoisotopic (exact) mass is 556 g/mol. The van der Waals surface area contributed by atoms with Crippen molar-refractivity contribution in [1.29, 1.82) is 0 Å². The van der Waals surface area contributed by atoms with Crippen molar-refractivity contribution in [3.8, 4) is 5.75 Å². The van der Waals surface area contributed by atoms with E-state index in [1.165, 1.54) is 19.3 Å². The van der Waals surface area contributed by atoms with E-state index in [9.17, 15) is 13.2 Å². The number of methoxy groups -OCH3 is 1. The van der Waals surface area contributed by atoms with E-state index in [2.05, 4.69) is 20.0 Å². The highest BCUT2D eigenvalue weighted by atomic mass is 35.5. The van der Waals surface area contributed by atoms with Gasteiger partial charge in [0.25, 0.3) is 10.0 Å². The van der Waals surface area contributed by atoms with E-state index < -0.39 is 15.9 Å². The van der Waals surface area contributed by atoms with E-state index in [0.717, 1.165) is 0 Å². The molecule has 1 heterocycles. The fraction of sp³-hybridized carbons (Fsp3) is 0.269. The highest BCUT2D eigenvalue weighted by Gasteiger charge is 2.28. The van der Waals surface area contributed by atoms with Gasteiger partial charge in [-0.3, -0.25) is 9.52 Å². The third kappa shape index (κ3) is 6.07. The number of nitrogens with one attached hydrogen (secondary N) is 2. The van der Waals surface area contributed by atoms with Gasteiger partial charge in [-0.2, -0.15) is 0 Å². The molecule has 1 aromatic heterocycles. The molecule has 1 aliphatic carbocycles. The van der Waals surface area contributed by atoms with Gasteiger partial charge >= 0.3 is 0 Å². The van der Waals surface area contributed by atoms with E-state index in [4.69, 9.17) is 22.1 Å². The molecule has 4 N–H and O–H groups in total. The molecule has 0 aliphatic heterocycles. The van der Waals surface area contributed by atoms with Gasteiger partial charge in [0.2, 0.25) is 5.91 Å². The Morgan fingerprint density at radius 1 is 1.18 bits per heavy atom. The van der Waals surface area contributed by atoms with E-state index in [1.54, 1.807) is 47.4 Å². The maximum Gasteiger partial charge on any atom is 0.262 e. The van der Waals surface area contributed by atoms with Crippen LogP contribution < -0.4 is 20.5 Å². The molecule has 0 bridgehead atoms. The summed E-state index contributed by atoms with van der Waals surface area (Å²) < 4.78 is 34.8. The zero-order valence-corrected chi connectivity index (χ0v) is 22.6. The predicted molar refractivity (Wildman–Crippen MR) is 150 cm³/mol. The van der Waals surface area contributed by atoms with E-state index >= 15 is 0 Å². The molecule has 200 valence electrons. The summed E-state index contributed by atoms with van der Waals surface area (Å²) in [6, 6.07) is 12.1. The molecule has 4 rings (SSSR count). The van der Waals surface area contributed by atoms with E-state index in [0.29, 0.717) is 53.5 Å². The number of carbonyl (C=O) groups excluding carboxylic acids is 1. The van der Waals surface area contributed by atoms with Crippen LogP contribution in [0.15, 0.2) is 65.6 Å². The van der Waals surface area contributed by atoms with Gasteiger partial charge < -0.3 is 20.7 Å². The van der Waals surface area contributed by atoms with Crippen LogP contribution in [0.3, 0.4) is 0 Å². The molecular formula is C26H29ClN6O4S. The lowest BCUT2D eigenvalue weighted by Gasteiger charge is -2.25. The van der Waals surface area contributed by atoms with Crippen molar-refractivity contribution >= 4 is 55.9 Å². The van der Waals surface area contributed by atoms with Crippen molar-refractivity contribution in [2.75, 3.05) is 36.8 Å². The molecule has 1 unspecified atom stereocenters. The number of allylic oxidation sites excluding steroid dienone is 2. The lowest BCUT2D eigenvalue weighted by Crippen LogP contribution is -2.39. The number of hydrogen-bond acceptors (Lipinski definition) is 8. The van der Waals surface area contributed by atoms with E-state index in [1.807, 2.05) is 13.0 Å². The van der Waals surface area contributed by atoms with Gasteiger partial charge in [0, 0.05) is 25.7 Å². The molecule has 1 aliphatic rings. The fourth-order valence-corrected chi connectivity index (χ4v) is 5.32. The van der Waals surface area contributed by atoms with Crippen molar-refractivity contribution in [1.82, 2.24) is 14.9 Å². The number of nitrogens with zero attached hydrogens (tertiary/aromatic N) is 3. The first-order chi connectivity index (χ1) is 18.2. The second-order valence-corrected chi connectivity index (χ2v) is 10.6. The first kappa shape index (κ1) is 27.4. The Bertz CT molecular complexity index is 1510. The number of benzene rings is 2. The Kier molecular flexibility index (Phi) is 8.50. The number of nitrogens with two attached hydrogens (primary N) is 1. The van der Waals surface area contributed by atoms with Crippen LogP contribution in [0.4, 0.5) is 17.3 Å². The third-order valence-electron chi connectivity index (χ3n) is 5.99. The number of amides is 1. The summed E-state index contributed by atoms with van der Waals surface area (Å²) in [7, 11) is -2.60. The average Bonchev–Trinajstić information content (AvgIpc) is 2.92. The summed E-state index contributed by atoms with van der Waals surface area (Å²) in [6.45, 7) is 3.07. The molecule has 2 aromatic carbocycles. The number of halogens is 1. The molecule has 0 radical (unpaired) electrons. The van der Waals surface area contributed by atoms with Crippen LogP contribution in [-0.4, -0.2) is 55.9 Å². The zero-order chi connectivity index (χ0) is 27.3. The lowest BCUT2D eigenvalue weighted by atomic mass is 9.99. The third-order valence-corrected chi connectivity index (χ3v) is 7.67. The van der Waals surface area contributed by atoms with Gasteiger partial charge in [-0.15, -0.1) is 0 Å². The highest BCUT2D eigenvalue weighted by Crippen LogP contribution is 2.33. The van der Waals surface area contributed by atoms with Crippen LogP contribution in [0.2, 0.25) is 5.02 Å². The Balaban J connectivity index is 1.70. The second kappa shape index (κ2) is 11.8. The molecule has 0 saturated carbocycles. The molecule has 38 heavy (non-hydrogen) atoms. The van der Waals surface area contributed by atoms with Gasteiger partial charge in [-0.05, 0) is 43.7 Å². The molecule has 0 saturated heterocycles. The number of rotatable bonds is 10. The summed E-state index contributed by atoms with van der Waals surface area (Å²) in [6.07, 6.45) is 5.01. The normalized spacial score (nSPS) is 15.2. The number of fused-ring (bicyclic) bond motifs is 1. The number of para-hydroxylation sites is 2. The molecule has 1 amide bonds. The van der Waals surface area contributed by atoms with Crippen molar-refractivity contribution in [3.05, 3.63) is 70.6 Å². The smallest absolute Gasteiger partial charge is 0.262 e. The summed E-state index contributed by atoms with van der Waals surface area (Å²) in [5, 5.41) is 3.46.